The van der Waals surface area contributed by atoms with E-state index in [1.807, 2.05) is 0 Å². The van der Waals surface area contributed by atoms with E-state index in [1.54, 1.807) is 26.8 Å². The molecule has 0 bridgehead atoms. The molecule has 1 heterocycles. The average Bonchev–Trinajstić information content (AvgIpc) is 2.30. The molecule has 0 aliphatic carbocycles. The van der Waals surface area contributed by atoms with Crippen molar-refractivity contribution in [1.82, 2.24) is 9.55 Å². The van der Waals surface area contributed by atoms with Crippen LogP contribution in [-0.2, 0) is 11.3 Å². The highest BCUT2D eigenvalue weighted by Gasteiger charge is 2.09. The minimum atomic E-state index is -0.956. The number of rotatable bonds is 4. The average molecular weight is 315 g/mol. The molecule has 0 saturated heterocycles. The molecule has 0 amide bonds. The molecule has 18 heavy (non-hydrogen) atoms. The molecule has 5 nitrogen and oxygen atoms in total. The SMILES string of the molecule is CCC(=CCn1c(C)c(Br)c(C)nc1=O)C(=O)O. The quantitative estimate of drug-likeness (QED) is 0.863. The Balaban J connectivity index is 3.17. The lowest BCUT2D eigenvalue weighted by Crippen LogP contribution is -2.26. The van der Waals surface area contributed by atoms with Crippen LogP contribution in [0.1, 0.15) is 24.7 Å². The molecular formula is C12H15BrN2O3. The van der Waals surface area contributed by atoms with Crippen LogP contribution < -0.4 is 5.69 Å². The Morgan fingerprint density at radius 2 is 2.11 bits per heavy atom. The van der Waals surface area contributed by atoms with E-state index < -0.39 is 5.97 Å². The van der Waals surface area contributed by atoms with Crippen LogP contribution in [0.2, 0.25) is 0 Å². The fourth-order valence-electron chi connectivity index (χ4n) is 1.58. The zero-order valence-corrected chi connectivity index (χ0v) is 12.1. The summed E-state index contributed by atoms with van der Waals surface area (Å²) in [5.41, 5.74) is 1.29. The molecule has 0 atom stereocenters. The van der Waals surface area contributed by atoms with Gasteiger partial charge in [-0.1, -0.05) is 13.0 Å². The van der Waals surface area contributed by atoms with Crippen LogP contribution in [0.25, 0.3) is 0 Å². The Morgan fingerprint density at radius 3 is 2.61 bits per heavy atom. The second-order valence-corrected chi connectivity index (χ2v) is 4.67. The number of halogens is 1. The van der Waals surface area contributed by atoms with Crippen LogP contribution in [0.4, 0.5) is 0 Å². The number of hydrogen-bond donors (Lipinski definition) is 1. The van der Waals surface area contributed by atoms with Gasteiger partial charge in [0.2, 0.25) is 0 Å². The number of carboxylic acids is 1. The molecule has 0 fully saturated rings. The van der Waals surface area contributed by atoms with E-state index in [0.717, 1.165) is 10.2 Å². The lowest BCUT2D eigenvalue weighted by molar-refractivity contribution is -0.132. The van der Waals surface area contributed by atoms with Crippen LogP contribution >= 0.6 is 15.9 Å². The predicted molar refractivity (Wildman–Crippen MR) is 71.7 cm³/mol. The Kier molecular flexibility index (Phi) is 4.84. The highest BCUT2D eigenvalue weighted by Crippen LogP contribution is 2.16. The lowest BCUT2D eigenvalue weighted by Gasteiger charge is -2.10. The molecule has 0 spiro atoms. The van der Waals surface area contributed by atoms with E-state index in [2.05, 4.69) is 20.9 Å². The molecule has 6 heteroatoms. The molecule has 1 aromatic heterocycles. The monoisotopic (exact) mass is 314 g/mol. The minimum absolute atomic E-state index is 0.214. The van der Waals surface area contributed by atoms with E-state index in [1.165, 1.54) is 4.57 Å². The second kappa shape index (κ2) is 5.95. The van der Waals surface area contributed by atoms with Crippen molar-refractivity contribution in [3.63, 3.8) is 0 Å². The van der Waals surface area contributed by atoms with Crippen molar-refractivity contribution >= 4 is 21.9 Å². The fourth-order valence-corrected chi connectivity index (χ4v) is 1.88. The normalized spacial score (nSPS) is 11.7. The third kappa shape index (κ3) is 3.07. The minimum Gasteiger partial charge on any atom is -0.478 e. The first-order valence-corrected chi connectivity index (χ1v) is 6.33. The molecule has 1 N–H and O–H groups in total. The largest absolute Gasteiger partial charge is 0.478 e. The molecule has 0 radical (unpaired) electrons. The first-order chi connectivity index (χ1) is 8.38. The summed E-state index contributed by atoms with van der Waals surface area (Å²) in [5.74, 6) is -0.956. The Bertz CT molecular complexity index is 561. The zero-order valence-electron chi connectivity index (χ0n) is 10.5. The number of carbonyl (C=O) groups is 1. The number of aryl methyl sites for hydroxylation is 1. The first kappa shape index (κ1) is 14.6. The van der Waals surface area contributed by atoms with Gasteiger partial charge in [-0.15, -0.1) is 0 Å². The highest BCUT2D eigenvalue weighted by molar-refractivity contribution is 9.10. The van der Waals surface area contributed by atoms with Crippen molar-refractivity contribution < 1.29 is 9.90 Å². The summed E-state index contributed by atoms with van der Waals surface area (Å²) in [6.07, 6.45) is 1.96. The Morgan fingerprint density at radius 1 is 1.50 bits per heavy atom. The molecular weight excluding hydrogens is 300 g/mol. The van der Waals surface area contributed by atoms with Crippen LogP contribution in [0.3, 0.4) is 0 Å². The molecule has 0 saturated carbocycles. The van der Waals surface area contributed by atoms with Gasteiger partial charge in [0.25, 0.3) is 0 Å². The number of carboxylic acid groups (broad SMARTS) is 1. The summed E-state index contributed by atoms with van der Waals surface area (Å²) in [6, 6.07) is 0. The Hall–Kier alpha value is -1.43. The van der Waals surface area contributed by atoms with Gasteiger partial charge in [0.1, 0.15) is 0 Å². The van der Waals surface area contributed by atoms with Crippen molar-refractivity contribution in [3.8, 4) is 0 Å². The fraction of sp³-hybridized carbons (Fsp3) is 0.417. The van der Waals surface area contributed by atoms with E-state index in [-0.39, 0.29) is 17.8 Å². The summed E-state index contributed by atoms with van der Waals surface area (Å²) in [5, 5.41) is 8.91. The molecule has 0 aliphatic heterocycles. The first-order valence-electron chi connectivity index (χ1n) is 5.54. The van der Waals surface area contributed by atoms with Gasteiger partial charge in [-0.2, -0.15) is 4.98 Å². The molecule has 0 unspecified atom stereocenters. The Labute approximate surface area is 113 Å². The third-order valence-electron chi connectivity index (χ3n) is 2.71. The maximum absolute atomic E-state index is 11.7. The smallest absolute Gasteiger partial charge is 0.348 e. The molecule has 1 rings (SSSR count). The van der Waals surface area contributed by atoms with Gasteiger partial charge in [-0.05, 0) is 36.2 Å². The van der Waals surface area contributed by atoms with Gasteiger partial charge in [0.15, 0.2) is 0 Å². The number of nitrogens with zero attached hydrogens (tertiary/aromatic N) is 2. The van der Waals surface area contributed by atoms with Crippen LogP contribution in [0.5, 0.6) is 0 Å². The van der Waals surface area contributed by atoms with Gasteiger partial charge < -0.3 is 5.11 Å². The van der Waals surface area contributed by atoms with E-state index in [0.29, 0.717) is 12.1 Å². The van der Waals surface area contributed by atoms with Crippen molar-refractivity contribution in [2.45, 2.75) is 33.7 Å². The standard InChI is InChI=1S/C12H15BrN2O3/c1-4-9(11(16)17)5-6-15-8(3)10(13)7(2)14-12(15)18/h5H,4,6H2,1-3H3,(H,16,17). The third-order valence-corrected chi connectivity index (χ3v) is 3.86. The molecule has 0 aromatic carbocycles. The highest BCUT2D eigenvalue weighted by atomic mass is 79.9. The number of aliphatic carboxylic acids is 1. The maximum Gasteiger partial charge on any atom is 0.348 e. The van der Waals surface area contributed by atoms with E-state index >= 15 is 0 Å². The van der Waals surface area contributed by atoms with Gasteiger partial charge in [0, 0.05) is 17.8 Å². The van der Waals surface area contributed by atoms with Crippen LogP contribution in [-0.4, -0.2) is 20.6 Å². The number of allylic oxidation sites excluding steroid dienone is 1. The lowest BCUT2D eigenvalue weighted by atomic mass is 10.2. The predicted octanol–water partition coefficient (Wildman–Crippen LogP) is 2.04. The van der Waals surface area contributed by atoms with Gasteiger partial charge >= 0.3 is 11.7 Å². The zero-order chi connectivity index (χ0) is 13.9. The van der Waals surface area contributed by atoms with Crippen molar-refractivity contribution in [2.75, 3.05) is 0 Å². The summed E-state index contributed by atoms with van der Waals surface area (Å²) in [6.45, 7) is 5.51. The summed E-state index contributed by atoms with van der Waals surface area (Å²) in [4.78, 5) is 26.5. The number of aromatic nitrogens is 2. The molecule has 98 valence electrons. The van der Waals surface area contributed by atoms with Crippen LogP contribution in [0, 0.1) is 13.8 Å². The summed E-state index contributed by atoms with van der Waals surface area (Å²) >= 11 is 3.36. The number of hydrogen-bond acceptors (Lipinski definition) is 3. The van der Waals surface area contributed by atoms with Gasteiger partial charge in [-0.3, -0.25) is 4.57 Å². The van der Waals surface area contributed by atoms with Crippen molar-refractivity contribution in [2.24, 2.45) is 0 Å². The second-order valence-electron chi connectivity index (χ2n) is 3.88. The summed E-state index contributed by atoms with van der Waals surface area (Å²) < 4.78 is 2.21. The van der Waals surface area contributed by atoms with Crippen molar-refractivity contribution in [1.29, 1.82) is 0 Å². The van der Waals surface area contributed by atoms with E-state index in [4.69, 9.17) is 5.11 Å². The van der Waals surface area contributed by atoms with Gasteiger partial charge in [0.05, 0.1) is 10.2 Å². The van der Waals surface area contributed by atoms with Gasteiger partial charge in [-0.25, -0.2) is 9.59 Å². The van der Waals surface area contributed by atoms with E-state index in [9.17, 15) is 9.59 Å². The molecule has 1 aromatic rings. The molecule has 0 aliphatic rings. The van der Waals surface area contributed by atoms with Crippen LogP contribution in [0.15, 0.2) is 20.9 Å². The maximum atomic E-state index is 11.7. The topological polar surface area (TPSA) is 72.2 Å². The summed E-state index contributed by atoms with van der Waals surface area (Å²) in [7, 11) is 0. The van der Waals surface area contributed by atoms with Crippen molar-refractivity contribution in [3.05, 3.63) is 38.0 Å².